The van der Waals surface area contributed by atoms with Gasteiger partial charge in [0.1, 0.15) is 0 Å². The van der Waals surface area contributed by atoms with E-state index in [0.717, 1.165) is 48.2 Å². The number of aromatic nitrogens is 2. The highest BCUT2D eigenvalue weighted by molar-refractivity contribution is 5.97. The van der Waals surface area contributed by atoms with Crippen molar-refractivity contribution in [2.24, 2.45) is 10.9 Å². The zero-order valence-corrected chi connectivity index (χ0v) is 19.8. The van der Waals surface area contributed by atoms with E-state index in [-0.39, 0.29) is 11.7 Å². The number of fused-ring (bicyclic) bond motifs is 1. The predicted molar refractivity (Wildman–Crippen MR) is 133 cm³/mol. The fourth-order valence-electron chi connectivity index (χ4n) is 3.96. The lowest BCUT2D eigenvalue weighted by Gasteiger charge is -2.13. The third-order valence-electron chi connectivity index (χ3n) is 5.67. The minimum Gasteiger partial charge on any atom is -0.494 e. The van der Waals surface area contributed by atoms with Crippen LogP contribution in [0.5, 0.6) is 5.75 Å². The molecule has 1 aliphatic heterocycles. The molecule has 0 unspecified atom stereocenters. The van der Waals surface area contributed by atoms with Gasteiger partial charge in [-0.05, 0) is 61.6 Å². The van der Waals surface area contributed by atoms with E-state index < -0.39 is 5.82 Å². The molecule has 6 nitrogen and oxygen atoms in total. The fraction of sp³-hybridized carbons (Fsp3) is 0.333. The molecular formula is C27H29FN4O2. The number of methoxy groups -OCH3 is 1. The molecule has 4 rings (SSSR count). The van der Waals surface area contributed by atoms with Crippen LogP contribution >= 0.6 is 0 Å². The maximum Gasteiger partial charge on any atom is 0.251 e. The smallest absolute Gasteiger partial charge is 0.251 e. The Morgan fingerprint density at radius 3 is 2.74 bits per heavy atom. The fourth-order valence-corrected chi connectivity index (χ4v) is 3.96. The highest BCUT2D eigenvalue weighted by Crippen LogP contribution is 2.29. The third-order valence-corrected chi connectivity index (χ3v) is 5.67. The maximum absolute atomic E-state index is 14.0. The Bertz CT molecular complexity index is 1270. The van der Waals surface area contributed by atoms with Gasteiger partial charge >= 0.3 is 0 Å². The lowest BCUT2D eigenvalue weighted by Crippen LogP contribution is -2.24. The van der Waals surface area contributed by atoms with E-state index in [1.54, 1.807) is 24.3 Å². The third kappa shape index (κ3) is 5.47. The zero-order chi connectivity index (χ0) is 24.1. The van der Waals surface area contributed by atoms with Crippen molar-refractivity contribution in [3.05, 3.63) is 65.7 Å². The average molecular weight is 461 g/mol. The molecule has 1 aliphatic rings. The van der Waals surface area contributed by atoms with Crippen LogP contribution < -0.4 is 10.1 Å². The molecule has 1 amide bonds. The van der Waals surface area contributed by atoms with E-state index in [0.29, 0.717) is 29.2 Å². The summed E-state index contributed by atoms with van der Waals surface area (Å²) in [5.74, 6) is -0.0571. The molecule has 1 N–H and O–H groups in total. The number of aliphatic imine (C=N–C) groups is 1. The number of nitrogens with zero attached hydrogens (tertiary/aromatic N) is 3. The predicted octanol–water partition coefficient (Wildman–Crippen LogP) is 5.51. The summed E-state index contributed by atoms with van der Waals surface area (Å²) in [5.41, 5.74) is 5.24. The number of halogens is 1. The molecule has 0 radical (unpaired) electrons. The molecule has 7 heteroatoms. The lowest BCUT2D eigenvalue weighted by molar-refractivity contribution is 0.0953. The van der Waals surface area contributed by atoms with Gasteiger partial charge in [-0.1, -0.05) is 19.9 Å². The van der Waals surface area contributed by atoms with E-state index in [4.69, 9.17) is 14.7 Å². The zero-order valence-electron chi connectivity index (χ0n) is 19.8. The van der Waals surface area contributed by atoms with Gasteiger partial charge in [-0.3, -0.25) is 9.79 Å². The monoisotopic (exact) mass is 460 g/mol. The van der Waals surface area contributed by atoms with Crippen LogP contribution in [-0.2, 0) is 6.42 Å². The number of hydrogen-bond donors (Lipinski definition) is 1. The maximum atomic E-state index is 14.0. The number of carbonyl (C=O) groups is 1. The second-order valence-corrected chi connectivity index (χ2v) is 8.81. The van der Waals surface area contributed by atoms with E-state index in [2.05, 4.69) is 24.2 Å². The summed E-state index contributed by atoms with van der Waals surface area (Å²) in [4.78, 5) is 26.7. The van der Waals surface area contributed by atoms with Crippen LogP contribution in [0.15, 0.2) is 53.7 Å². The van der Waals surface area contributed by atoms with Crippen molar-refractivity contribution < 1.29 is 13.9 Å². The van der Waals surface area contributed by atoms with Gasteiger partial charge in [-0.25, -0.2) is 14.4 Å². The number of allylic oxidation sites excluding steroid dienone is 1. The number of carbonyl (C=O) groups excluding carboxylic acids is 1. The first-order valence-corrected chi connectivity index (χ1v) is 11.6. The van der Waals surface area contributed by atoms with Crippen molar-refractivity contribution in [2.75, 3.05) is 13.7 Å². The van der Waals surface area contributed by atoms with Crippen molar-refractivity contribution in [3.63, 3.8) is 0 Å². The topological polar surface area (TPSA) is 76.5 Å². The van der Waals surface area contributed by atoms with Crippen LogP contribution in [0.3, 0.4) is 0 Å². The summed E-state index contributed by atoms with van der Waals surface area (Å²) in [7, 11) is 1.44. The van der Waals surface area contributed by atoms with Gasteiger partial charge in [0.25, 0.3) is 5.91 Å². The summed E-state index contributed by atoms with van der Waals surface area (Å²) in [6, 6.07) is 10.0. The summed E-state index contributed by atoms with van der Waals surface area (Å²) >= 11 is 0. The molecule has 0 spiro atoms. The highest BCUT2D eigenvalue weighted by atomic mass is 19.1. The Morgan fingerprint density at radius 1 is 1.15 bits per heavy atom. The first-order valence-electron chi connectivity index (χ1n) is 11.6. The number of rotatable bonds is 9. The van der Waals surface area contributed by atoms with Crippen LogP contribution in [0.2, 0.25) is 0 Å². The Balaban J connectivity index is 1.59. The average Bonchev–Trinajstić information content (AvgIpc) is 3.34. The van der Waals surface area contributed by atoms with Crippen LogP contribution in [-0.4, -0.2) is 35.2 Å². The standard InChI is InChI=1S/C27H29FN4O2/c1-17(2)14-24-26(18-8-10-21(28)25(16-18)34-3)32-23-15-19(9-11-22(23)31-24)27(33)30-13-5-7-20-6-4-12-29-20/h4,8-12,15-17H,5-7,13-14H2,1-3H3,(H,30,33). The van der Waals surface area contributed by atoms with Gasteiger partial charge in [-0.15, -0.1) is 0 Å². The van der Waals surface area contributed by atoms with Crippen LogP contribution in [0.4, 0.5) is 4.39 Å². The van der Waals surface area contributed by atoms with Gasteiger partial charge in [0.15, 0.2) is 11.6 Å². The minimum absolute atomic E-state index is 0.147. The first kappa shape index (κ1) is 23.5. The van der Waals surface area contributed by atoms with E-state index in [1.807, 2.05) is 18.3 Å². The molecule has 176 valence electrons. The van der Waals surface area contributed by atoms with Gasteiger partial charge in [0.2, 0.25) is 0 Å². The quantitative estimate of drug-likeness (QED) is 0.427. The Labute approximate surface area is 199 Å². The minimum atomic E-state index is -0.430. The van der Waals surface area contributed by atoms with Crippen molar-refractivity contribution in [3.8, 4) is 17.0 Å². The van der Waals surface area contributed by atoms with Crippen molar-refractivity contribution in [2.45, 2.75) is 39.5 Å². The highest BCUT2D eigenvalue weighted by Gasteiger charge is 2.16. The van der Waals surface area contributed by atoms with Crippen LogP contribution in [0.25, 0.3) is 22.3 Å². The molecule has 0 saturated heterocycles. The van der Waals surface area contributed by atoms with Gasteiger partial charge in [-0.2, -0.15) is 0 Å². The van der Waals surface area contributed by atoms with E-state index in [1.165, 1.54) is 13.2 Å². The molecule has 3 aromatic rings. The number of nitrogens with one attached hydrogen (secondary N) is 1. The molecular weight excluding hydrogens is 431 g/mol. The SMILES string of the molecule is COc1cc(-c2nc3cc(C(=O)NCCCC4=NC=CC4)ccc3nc2CC(C)C)ccc1F. The molecule has 0 saturated carbocycles. The van der Waals surface area contributed by atoms with Gasteiger partial charge in [0, 0.05) is 36.0 Å². The molecule has 2 heterocycles. The normalized spacial score (nSPS) is 12.9. The first-order chi connectivity index (χ1) is 16.4. The van der Waals surface area contributed by atoms with Gasteiger partial charge in [0.05, 0.1) is 29.5 Å². The van der Waals surface area contributed by atoms with Crippen LogP contribution in [0.1, 0.15) is 49.2 Å². The number of ether oxygens (including phenoxy) is 1. The molecule has 0 atom stereocenters. The van der Waals surface area contributed by atoms with Crippen molar-refractivity contribution in [1.82, 2.24) is 15.3 Å². The molecule has 0 fully saturated rings. The molecule has 0 bridgehead atoms. The van der Waals surface area contributed by atoms with Gasteiger partial charge < -0.3 is 10.1 Å². The summed E-state index contributed by atoms with van der Waals surface area (Å²) in [5, 5.41) is 2.97. The Morgan fingerprint density at radius 2 is 2.00 bits per heavy atom. The molecule has 2 aromatic carbocycles. The Kier molecular flexibility index (Phi) is 7.30. The summed E-state index contributed by atoms with van der Waals surface area (Å²) in [6.07, 6.45) is 7.20. The second-order valence-electron chi connectivity index (χ2n) is 8.81. The largest absolute Gasteiger partial charge is 0.494 e. The number of benzene rings is 2. The van der Waals surface area contributed by atoms with Crippen molar-refractivity contribution >= 4 is 22.7 Å². The Hall–Kier alpha value is -3.61. The second kappa shape index (κ2) is 10.5. The van der Waals surface area contributed by atoms with E-state index in [9.17, 15) is 9.18 Å². The molecule has 0 aliphatic carbocycles. The molecule has 34 heavy (non-hydrogen) atoms. The summed E-state index contributed by atoms with van der Waals surface area (Å²) in [6.45, 7) is 4.81. The number of hydrogen-bond acceptors (Lipinski definition) is 5. The van der Waals surface area contributed by atoms with Crippen molar-refractivity contribution in [1.29, 1.82) is 0 Å². The summed E-state index contributed by atoms with van der Waals surface area (Å²) < 4.78 is 19.1. The van der Waals surface area contributed by atoms with E-state index >= 15 is 0 Å². The molecule has 1 aromatic heterocycles. The number of amides is 1. The lowest BCUT2D eigenvalue weighted by atomic mass is 10.0. The van der Waals surface area contributed by atoms with Crippen LogP contribution in [0, 0.1) is 11.7 Å².